The number of ketones is 1. The molecule has 0 saturated carbocycles. The molecule has 0 unspecified atom stereocenters. The van der Waals surface area contributed by atoms with Gasteiger partial charge in [0.15, 0.2) is 5.78 Å². The van der Waals surface area contributed by atoms with Gasteiger partial charge in [-0.1, -0.05) is 23.2 Å². The fourth-order valence-corrected chi connectivity index (χ4v) is 1.63. The number of methoxy groups -OCH3 is 1. The molecule has 82 valence electrons. The summed E-state index contributed by atoms with van der Waals surface area (Å²) in [6.07, 6.45) is 0.0301. The third kappa shape index (κ3) is 2.84. The fraction of sp³-hybridized carbons (Fsp3) is 0.300. The van der Waals surface area contributed by atoms with E-state index in [1.807, 2.05) is 0 Å². The van der Waals surface area contributed by atoms with Crippen molar-refractivity contribution in [3.63, 3.8) is 0 Å². The van der Waals surface area contributed by atoms with Gasteiger partial charge in [0.25, 0.3) is 0 Å². The smallest absolute Gasteiger partial charge is 0.166 e. The van der Waals surface area contributed by atoms with Gasteiger partial charge >= 0.3 is 0 Å². The van der Waals surface area contributed by atoms with Gasteiger partial charge in [-0.15, -0.1) is 0 Å². The van der Waals surface area contributed by atoms with E-state index in [4.69, 9.17) is 33.0 Å². The van der Waals surface area contributed by atoms with Gasteiger partial charge in [0.1, 0.15) is 5.75 Å². The van der Waals surface area contributed by atoms with Gasteiger partial charge in [-0.2, -0.15) is 0 Å². The number of ether oxygens (including phenoxy) is 1. The molecule has 0 heterocycles. The first-order valence-electron chi connectivity index (χ1n) is 4.27. The Kier molecular flexibility index (Phi) is 4.39. The van der Waals surface area contributed by atoms with Gasteiger partial charge in [-0.3, -0.25) is 4.79 Å². The topological polar surface area (TPSA) is 46.5 Å². The molecule has 0 atom stereocenters. The lowest BCUT2D eigenvalue weighted by atomic mass is 10.1. The molecule has 1 aromatic rings. The normalized spacial score (nSPS) is 10.1. The number of carbonyl (C=O) groups excluding carboxylic acids is 1. The maximum atomic E-state index is 11.5. The van der Waals surface area contributed by atoms with Gasteiger partial charge in [0.05, 0.1) is 23.8 Å². The minimum Gasteiger partial charge on any atom is -0.495 e. The zero-order valence-corrected chi connectivity index (χ0v) is 9.60. The number of Topliss-reactive ketones (excluding diaryl/α,β-unsaturated/α-hetero) is 1. The van der Waals surface area contributed by atoms with Crippen LogP contribution < -0.4 is 4.74 Å². The Labute approximate surface area is 97.6 Å². The average molecular weight is 249 g/mol. The van der Waals surface area contributed by atoms with Crippen LogP contribution in [0, 0.1) is 0 Å². The van der Waals surface area contributed by atoms with E-state index in [0.717, 1.165) is 0 Å². The van der Waals surface area contributed by atoms with Gasteiger partial charge in [-0.25, -0.2) is 0 Å². The highest BCUT2D eigenvalue weighted by Crippen LogP contribution is 2.31. The molecule has 0 aliphatic rings. The average Bonchev–Trinajstić information content (AvgIpc) is 2.21. The number of hydrogen-bond acceptors (Lipinski definition) is 3. The molecule has 0 saturated heterocycles. The monoisotopic (exact) mass is 248 g/mol. The maximum Gasteiger partial charge on any atom is 0.166 e. The SMILES string of the molecule is COc1cc(Cl)c(C(=O)CCO)cc1Cl. The highest BCUT2D eigenvalue weighted by molar-refractivity contribution is 6.36. The molecule has 0 fully saturated rings. The summed E-state index contributed by atoms with van der Waals surface area (Å²) in [5, 5.41) is 9.23. The third-order valence-corrected chi connectivity index (χ3v) is 2.49. The molecule has 15 heavy (non-hydrogen) atoms. The van der Waals surface area contributed by atoms with Crippen molar-refractivity contribution in [3.8, 4) is 5.75 Å². The van der Waals surface area contributed by atoms with E-state index in [2.05, 4.69) is 0 Å². The van der Waals surface area contributed by atoms with Gasteiger partial charge in [0, 0.05) is 18.1 Å². The number of aliphatic hydroxyl groups excluding tert-OH is 1. The second kappa shape index (κ2) is 5.35. The van der Waals surface area contributed by atoms with Crippen molar-refractivity contribution in [2.24, 2.45) is 0 Å². The van der Waals surface area contributed by atoms with E-state index in [1.54, 1.807) is 0 Å². The van der Waals surface area contributed by atoms with E-state index in [9.17, 15) is 4.79 Å². The predicted octanol–water partition coefficient (Wildman–Crippen LogP) is 2.57. The fourth-order valence-electron chi connectivity index (χ4n) is 1.13. The van der Waals surface area contributed by atoms with Gasteiger partial charge in [0.2, 0.25) is 0 Å². The minimum absolute atomic E-state index is 0.0301. The Morgan fingerprint density at radius 2 is 2.07 bits per heavy atom. The molecule has 5 heteroatoms. The quantitative estimate of drug-likeness (QED) is 0.834. The highest BCUT2D eigenvalue weighted by Gasteiger charge is 2.13. The molecule has 3 nitrogen and oxygen atoms in total. The molecule has 0 aliphatic carbocycles. The van der Waals surface area contributed by atoms with Crippen LogP contribution in [0.1, 0.15) is 16.8 Å². The maximum absolute atomic E-state index is 11.5. The molecular weight excluding hydrogens is 239 g/mol. The van der Waals surface area contributed by atoms with Crippen molar-refractivity contribution in [2.45, 2.75) is 6.42 Å². The van der Waals surface area contributed by atoms with Crippen LogP contribution in [0.4, 0.5) is 0 Å². The number of hydrogen-bond donors (Lipinski definition) is 1. The molecule has 0 bridgehead atoms. The number of benzene rings is 1. The van der Waals surface area contributed by atoms with Crippen molar-refractivity contribution in [1.82, 2.24) is 0 Å². The highest BCUT2D eigenvalue weighted by atomic mass is 35.5. The van der Waals surface area contributed by atoms with Crippen LogP contribution in [0.3, 0.4) is 0 Å². The first kappa shape index (κ1) is 12.3. The zero-order valence-electron chi connectivity index (χ0n) is 8.09. The minimum atomic E-state index is -0.243. The number of rotatable bonds is 4. The van der Waals surface area contributed by atoms with Crippen molar-refractivity contribution < 1.29 is 14.6 Å². The lowest BCUT2D eigenvalue weighted by Gasteiger charge is -2.07. The summed E-state index contributed by atoms with van der Waals surface area (Å²) >= 11 is 11.7. The summed E-state index contributed by atoms with van der Waals surface area (Å²) in [6.45, 7) is -0.210. The van der Waals surface area contributed by atoms with Crippen LogP contribution in [0.5, 0.6) is 5.75 Å². The van der Waals surface area contributed by atoms with E-state index in [1.165, 1.54) is 19.2 Å². The van der Waals surface area contributed by atoms with E-state index in [0.29, 0.717) is 16.3 Å². The first-order valence-corrected chi connectivity index (χ1v) is 5.02. The Morgan fingerprint density at radius 3 is 2.60 bits per heavy atom. The summed E-state index contributed by atoms with van der Waals surface area (Å²) in [7, 11) is 1.47. The summed E-state index contributed by atoms with van der Waals surface area (Å²) < 4.78 is 4.94. The van der Waals surface area contributed by atoms with Crippen LogP contribution in [0.15, 0.2) is 12.1 Å². The number of halogens is 2. The van der Waals surface area contributed by atoms with E-state index >= 15 is 0 Å². The summed E-state index contributed by atoms with van der Waals surface area (Å²) in [5.41, 5.74) is 0.302. The third-order valence-electron chi connectivity index (χ3n) is 1.88. The molecule has 0 aliphatic heterocycles. The molecule has 1 N–H and O–H groups in total. The van der Waals surface area contributed by atoms with Crippen LogP contribution in [-0.4, -0.2) is 24.6 Å². The first-order chi connectivity index (χ1) is 7.10. The molecular formula is C10H10Cl2O3. The Bertz CT molecular complexity index is 377. The Morgan fingerprint density at radius 1 is 1.40 bits per heavy atom. The predicted molar refractivity (Wildman–Crippen MR) is 59.0 cm³/mol. The van der Waals surface area contributed by atoms with Gasteiger partial charge in [-0.05, 0) is 6.07 Å². The molecule has 0 spiro atoms. The molecule has 0 amide bonds. The zero-order chi connectivity index (χ0) is 11.4. The number of carbonyl (C=O) groups is 1. The molecule has 0 aromatic heterocycles. The summed E-state index contributed by atoms with van der Waals surface area (Å²) in [6, 6.07) is 2.93. The lowest BCUT2D eigenvalue weighted by molar-refractivity contribution is 0.0957. The van der Waals surface area contributed by atoms with Crippen molar-refractivity contribution in [1.29, 1.82) is 0 Å². The second-order valence-corrected chi connectivity index (χ2v) is 3.68. The van der Waals surface area contributed by atoms with Crippen molar-refractivity contribution >= 4 is 29.0 Å². The van der Waals surface area contributed by atoms with Crippen LogP contribution in [0.25, 0.3) is 0 Å². The number of aliphatic hydroxyl groups is 1. The van der Waals surface area contributed by atoms with E-state index in [-0.39, 0.29) is 23.8 Å². The second-order valence-electron chi connectivity index (χ2n) is 2.86. The van der Waals surface area contributed by atoms with Crippen molar-refractivity contribution in [2.75, 3.05) is 13.7 Å². The molecule has 1 aromatic carbocycles. The van der Waals surface area contributed by atoms with E-state index < -0.39 is 0 Å². The Balaban J connectivity index is 3.10. The van der Waals surface area contributed by atoms with Crippen LogP contribution in [-0.2, 0) is 0 Å². The van der Waals surface area contributed by atoms with Crippen LogP contribution >= 0.6 is 23.2 Å². The summed E-state index contributed by atoms with van der Waals surface area (Å²) in [4.78, 5) is 11.5. The molecule has 0 radical (unpaired) electrons. The Hall–Kier alpha value is -0.770. The lowest BCUT2D eigenvalue weighted by Crippen LogP contribution is -2.03. The largest absolute Gasteiger partial charge is 0.495 e. The summed E-state index contributed by atoms with van der Waals surface area (Å²) in [5.74, 6) is 0.175. The standard InChI is InChI=1S/C10H10Cl2O3/c1-15-10-5-7(11)6(4-8(10)12)9(14)2-3-13/h4-5,13H,2-3H2,1H3. The van der Waals surface area contributed by atoms with Crippen molar-refractivity contribution in [3.05, 3.63) is 27.7 Å². The van der Waals surface area contributed by atoms with Gasteiger partial charge < -0.3 is 9.84 Å². The molecule has 1 rings (SSSR count). The van der Waals surface area contributed by atoms with Crippen LogP contribution in [0.2, 0.25) is 10.0 Å².